The molecule has 0 aliphatic heterocycles. The molecule has 2 aromatic carbocycles. The molecule has 3 aromatic rings. The molecule has 3 rings (SSSR count). The number of H-pyrrole nitrogens is 1. The summed E-state index contributed by atoms with van der Waals surface area (Å²) in [5, 5.41) is 3.81. The number of aryl methyl sites for hydroxylation is 2. The van der Waals surface area contributed by atoms with Crippen LogP contribution in [0.25, 0.3) is 10.9 Å². The molecule has 0 radical (unpaired) electrons. The Morgan fingerprint density at radius 3 is 2.46 bits per heavy atom. The quantitative estimate of drug-likeness (QED) is 0.658. The molecule has 0 aliphatic rings. The molecule has 1 heterocycles. The van der Waals surface area contributed by atoms with Gasteiger partial charge in [-0.3, -0.25) is 4.79 Å². The lowest BCUT2D eigenvalue weighted by Crippen LogP contribution is -2.08. The highest BCUT2D eigenvalue weighted by molar-refractivity contribution is 5.98. The summed E-state index contributed by atoms with van der Waals surface area (Å²) in [6, 6.07) is 15.6. The largest absolute Gasteiger partial charge is 0.461 e. The fraction of sp³-hybridized carbons (Fsp3) is 0.238. The Bertz CT molecular complexity index is 926. The van der Waals surface area contributed by atoms with Crippen molar-refractivity contribution in [2.24, 2.45) is 0 Å². The van der Waals surface area contributed by atoms with Crippen molar-refractivity contribution in [3.8, 4) is 0 Å². The maximum absolute atomic E-state index is 12.3. The van der Waals surface area contributed by atoms with E-state index in [0.717, 1.165) is 40.6 Å². The molecule has 5 heteroatoms. The summed E-state index contributed by atoms with van der Waals surface area (Å²) in [7, 11) is 0. The minimum absolute atomic E-state index is 0.0874. The van der Waals surface area contributed by atoms with Crippen LogP contribution < -0.4 is 5.32 Å². The highest BCUT2D eigenvalue weighted by atomic mass is 16.5. The average molecular weight is 350 g/mol. The van der Waals surface area contributed by atoms with Gasteiger partial charge in [-0.1, -0.05) is 30.3 Å². The number of para-hydroxylation sites is 1. The van der Waals surface area contributed by atoms with Crippen LogP contribution in [0.4, 0.5) is 5.69 Å². The monoisotopic (exact) mass is 350 g/mol. The summed E-state index contributed by atoms with van der Waals surface area (Å²) in [5.74, 6) is -0.407. The number of rotatable bonds is 6. The second-order valence-electron chi connectivity index (χ2n) is 6.12. The van der Waals surface area contributed by atoms with Crippen LogP contribution in [-0.2, 0) is 22.4 Å². The molecule has 1 amide bonds. The minimum Gasteiger partial charge on any atom is -0.461 e. The summed E-state index contributed by atoms with van der Waals surface area (Å²) >= 11 is 0. The molecule has 0 aliphatic carbocycles. The summed E-state index contributed by atoms with van der Waals surface area (Å²) in [6.45, 7) is 3.64. The van der Waals surface area contributed by atoms with Crippen LogP contribution in [0, 0.1) is 0 Å². The standard InChI is InChI=1S/C21H22N2O3/c1-3-26-21(25)20-18(17-6-4-5-7-19(17)23-20)13-10-15-8-11-16(12-9-15)22-14(2)24/h4-9,11-12,23H,3,10,13H2,1-2H3,(H,22,24). The second-order valence-corrected chi connectivity index (χ2v) is 6.12. The van der Waals surface area contributed by atoms with Crippen molar-refractivity contribution in [1.82, 2.24) is 4.98 Å². The van der Waals surface area contributed by atoms with E-state index in [2.05, 4.69) is 10.3 Å². The number of hydrogen-bond acceptors (Lipinski definition) is 3. The number of carbonyl (C=O) groups excluding carboxylic acids is 2. The van der Waals surface area contributed by atoms with Gasteiger partial charge in [-0.05, 0) is 49.1 Å². The van der Waals surface area contributed by atoms with Crippen molar-refractivity contribution < 1.29 is 14.3 Å². The minimum atomic E-state index is -0.320. The van der Waals surface area contributed by atoms with Crippen molar-refractivity contribution in [3.05, 3.63) is 65.4 Å². The van der Waals surface area contributed by atoms with Crippen molar-refractivity contribution >= 4 is 28.5 Å². The molecule has 0 bridgehead atoms. The number of nitrogens with one attached hydrogen (secondary N) is 2. The van der Waals surface area contributed by atoms with Gasteiger partial charge in [0, 0.05) is 23.5 Å². The Morgan fingerprint density at radius 1 is 1.04 bits per heavy atom. The topological polar surface area (TPSA) is 71.2 Å². The number of aromatic nitrogens is 1. The van der Waals surface area contributed by atoms with Crippen molar-refractivity contribution in [2.75, 3.05) is 11.9 Å². The number of hydrogen-bond donors (Lipinski definition) is 2. The van der Waals surface area contributed by atoms with Crippen LogP contribution in [0.1, 0.15) is 35.5 Å². The first-order valence-electron chi connectivity index (χ1n) is 8.71. The molecule has 0 atom stereocenters. The van der Waals surface area contributed by atoms with Crippen LogP contribution in [-0.4, -0.2) is 23.5 Å². The van der Waals surface area contributed by atoms with E-state index in [1.54, 1.807) is 6.92 Å². The number of fused-ring (bicyclic) bond motifs is 1. The van der Waals surface area contributed by atoms with Gasteiger partial charge >= 0.3 is 5.97 Å². The first kappa shape index (κ1) is 17.7. The number of anilines is 1. The average Bonchev–Trinajstić information content (AvgIpc) is 3.00. The highest BCUT2D eigenvalue weighted by Crippen LogP contribution is 2.25. The van der Waals surface area contributed by atoms with Gasteiger partial charge < -0.3 is 15.0 Å². The molecule has 2 N–H and O–H groups in total. The zero-order valence-electron chi connectivity index (χ0n) is 15.0. The van der Waals surface area contributed by atoms with Gasteiger partial charge in [-0.25, -0.2) is 4.79 Å². The zero-order chi connectivity index (χ0) is 18.5. The number of amides is 1. The third-order valence-corrected chi connectivity index (χ3v) is 4.23. The number of benzene rings is 2. The van der Waals surface area contributed by atoms with E-state index in [9.17, 15) is 9.59 Å². The molecule has 0 unspecified atom stereocenters. The van der Waals surface area contributed by atoms with Gasteiger partial charge in [0.15, 0.2) is 0 Å². The Morgan fingerprint density at radius 2 is 1.77 bits per heavy atom. The fourth-order valence-corrected chi connectivity index (χ4v) is 3.06. The van der Waals surface area contributed by atoms with E-state index in [1.165, 1.54) is 6.92 Å². The van der Waals surface area contributed by atoms with E-state index >= 15 is 0 Å². The smallest absolute Gasteiger partial charge is 0.355 e. The van der Waals surface area contributed by atoms with Crippen molar-refractivity contribution in [3.63, 3.8) is 0 Å². The van der Waals surface area contributed by atoms with Gasteiger partial charge in [0.05, 0.1) is 6.61 Å². The molecule has 134 valence electrons. The maximum Gasteiger partial charge on any atom is 0.355 e. The normalized spacial score (nSPS) is 10.7. The van der Waals surface area contributed by atoms with Crippen molar-refractivity contribution in [1.29, 1.82) is 0 Å². The Balaban J connectivity index is 1.82. The fourth-order valence-electron chi connectivity index (χ4n) is 3.06. The van der Waals surface area contributed by atoms with E-state index in [-0.39, 0.29) is 11.9 Å². The Hall–Kier alpha value is -3.08. The molecular formula is C21H22N2O3. The number of ether oxygens (including phenoxy) is 1. The molecule has 0 fully saturated rings. The van der Waals surface area contributed by atoms with Crippen LogP contribution in [0.5, 0.6) is 0 Å². The lowest BCUT2D eigenvalue weighted by Gasteiger charge is -2.07. The van der Waals surface area contributed by atoms with Crippen LogP contribution in [0.2, 0.25) is 0 Å². The molecule has 1 aromatic heterocycles. The predicted molar refractivity (Wildman–Crippen MR) is 102 cm³/mol. The SMILES string of the molecule is CCOC(=O)c1[nH]c2ccccc2c1CCc1ccc(NC(C)=O)cc1. The van der Waals surface area contributed by atoms with Gasteiger partial charge in [0.2, 0.25) is 5.91 Å². The molecule has 0 spiro atoms. The molecule has 0 saturated carbocycles. The lowest BCUT2D eigenvalue weighted by molar-refractivity contribution is -0.114. The summed E-state index contributed by atoms with van der Waals surface area (Å²) < 4.78 is 5.19. The highest BCUT2D eigenvalue weighted by Gasteiger charge is 2.18. The van der Waals surface area contributed by atoms with E-state index < -0.39 is 0 Å². The molecular weight excluding hydrogens is 328 g/mol. The van der Waals surface area contributed by atoms with E-state index in [0.29, 0.717) is 12.3 Å². The number of carbonyl (C=O) groups is 2. The first-order chi connectivity index (χ1) is 12.6. The van der Waals surface area contributed by atoms with Gasteiger partial charge in [-0.2, -0.15) is 0 Å². The third-order valence-electron chi connectivity index (χ3n) is 4.23. The van der Waals surface area contributed by atoms with Gasteiger partial charge in [-0.15, -0.1) is 0 Å². The van der Waals surface area contributed by atoms with Crippen LogP contribution >= 0.6 is 0 Å². The Kier molecular flexibility index (Phi) is 5.37. The van der Waals surface area contributed by atoms with Crippen LogP contribution in [0.15, 0.2) is 48.5 Å². The number of aromatic amines is 1. The zero-order valence-corrected chi connectivity index (χ0v) is 15.0. The van der Waals surface area contributed by atoms with Gasteiger partial charge in [0.1, 0.15) is 5.69 Å². The summed E-state index contributed by atoms with van der Waals surface area (Å²) in [5.41, 5.74) is 4.36. The molecule has 26 heavy (non-hydrogen) atoms. The van der Waals surface area contributed by atoms with E-state index in [4.69, 9.17) is 4.74 Å². The summed E-state index contributed by atoms with van der Waals surface area (Å²) in [4.78, 5) is 26.6. The van der Waals surface area contributed by atoms with E-state index in [1.807, 2.05) is 48.5 Å². The van der Waals surface area contributed by atoms with Crippen LogP contribution in [0.3, 0.4) is 0 Å². The first-order valence-corrected chi connectivity index (χ1v) is 8.71. The maximum atomic E-state index is 12.3. The third kappa shape index (κ3) is 3.94. The molecule has 5 nitrogen and oxygen atoms in total. The molecule has 0 saturated heterocycles. The lowest BCUT2D eigenvalue weighted by atomic mass is 10.0. The number of esters is 1. The second kappa shape index (κ2) is 7.87. The van der Waals surface area contributed by atoms with Crippen molar-refractivity contribution in [2.45, 2.75) is 26.7 Å². The Labute approximate surface area is 152 Å². The predicted octanol–water partition coefficient (Wildman–Crippen LogP) is 4.09. The van der Waals surface area contributed by atoms with Gasteiger partial charge in [0.25, 0.3) is 0 Å². The summed E-state index contributed by atoms with van der Waals surface area (Å²) in [6.07, 6.45) is 1.51.